The second kappa shape index (κ2) is 6.77. The molecule has 3 nitrogen and oxygen atoms in total. The van der Waals surface area contributed by atoms with Gasteiger partial charge in [0.1, 0.15) is 11.5 Å². The monoisotopic (exact) mass is 335 g/mol. The molecule has 4 heteroatoms. The Kier molecular flexibility index (Phi) is 5.04. The Hall–Kier alpha value is -1.52. The van der Waals surface area contributed by atoms with Crippen molar-refractivity contribution in [2.75, 3.05) is 7.11 Å². The molecule has 0 spiro atoms. The maximum absolute atomic E-state index is 10.0. The zero-order valence-electron chi connectivity index (χ0n) is 11.6. The van der Waals surface area contributed by atoms with Gasteiger partial charge in [-0.1, -0.05) is 34.1 Å². The number of ether oxygens (including phenoxy) is 1. The third kappa shape index (κ3) is 3.74. The number of hydrogen-bond donors (Lipinski definition) is 2. The van der Waals surface area contributed by atoms with Gasteiger partial charge in [-0.15, -0.1) is 0 Å². The van der Waals surface area contributed by atoms with E-state index < -0.39 is 0 Å². The summed E-state index contributed by atoms with van der Waals surface area (Å²) in [6.45, 7) is 2.77. The summed E-state index contributed by atoms with van der Waals surface area (Å²) in [6.07, 6.45) is 0. The van der Waals surface area contributed by atoms with Crippen LogP contribution in [0.25, 0.3) is 0 Å². The van der Waals surface area contributed by atoms with Crippen molar-refractivity contribution < 1.29 is 9.84 Å². The van der Waals surface area contributed by atoms with Crippen molar-refractivity contribution in [3.8, 4) is 11.5 Å². The summed E-state index contributed by atoms with van der Waals surface area (Å²) in [4.78, 5) is 0. The van der Waals surface area contributed by atoms with Gasteiger partial charge >= 0.3 is 0 Å². The fourth-order valence-corrected chi connectivity index (χ4v) is 2.49. The van der Waals surface area contributed by atoms with E-state index >= 15 is 0 Å². The molecule has 0 aromatic heterocycles. The fourth-order valence-electron chi connectivity index (χ4n) is 2.04. The summed E-state index contributed by atoms with van der Waals surface area (Å²) in [5.74, 6) is 0.907. The van der Waals surface area contributed by atoms with E-state index in [2.05, 4.69) is 33.4 Å². The second-order valence-corrected chi connectivity index (χ2v) is 5.57. The van der Waals surface area contributed by atoms with Crippen molar-refractivity contribution in [2.24, 2.45) is 0 Å². The summed E-state index contributed by atoms with van der Waals surface area (Å²) in [5.41, 5.74) is 2.06. The number of benzene rings is 2. The van der Waals surface area contributed by atoms with Gasteiger partial charge in [0.05, 0.1) is 7.11 Å². The van der Waals surface area contributed by atoms with Gasteiger partial charge in [0, 0.05) is 28.7 Å². The second-order valence-electron chi connectivity index (χ2n) is 4.66. The summed E-state index contributed by atoms with van der Waals surface area (Å²) >= 11 is 3.46. The van der Waals surface area contributed by atoms with Crippen molar-refractivity contribution in [1.29, 1.82) is 0 Å². The minimum atomic E-state index is 0.0555. The Bertz CT molecular complexity index is 586. The van der Waals surface area contributed by atoms with Crippen LogP contribution in [0.15, 0.2) is 46.9 Å². The SMILES string of the molecule is COc1ccc(C(C)NCc2cccc(Br)c2)c(O)c1. The van der Waals surface area contributed by atoms with Gasteiger partial charge in [-0.2, -0.15) is 0 Å². The lowest BCUT2D eigenvalue weighted by Crippen LogP contribution is -2.18. The molecule has 1 unspecified atom stereocenters. The third-order valence-electron chi connectivity index (χ3n) is 3.21. The van der Waals surface area contributed by atoms with E-state index in [-0.39, 0.29) is 11.8 Å². The lowest BCUT2D eigenvalue weighted by atomic mass is 10.1. The van der Waals surface area contributed by atoms with Crippen LogP contribution in [0.5, 0.6) is 11.5 Å². The molecule has 0 heterocycles. The molecular formula is C16H18BrNO2. The molecule has 2 aromatic carbocycles. The average Bonchev–Trinajstić information content (AvgIpc) is 2.44. The largest absolute Gasteiger partial charge is 0.507 e. The van der Waals surface area contributed by atoms with Gasteiger partial charge in [0.15, 0.2) is 0 Å². The van der Waals surface area contributed by atoms with E-state index in [1.54, 1.807) is 13.2 Å². The quantitative estimate of drug-likeness (QED) is 0.867. The van der Waals surface area contributed by atoms with Crippen LogP contribution in [-0.4, -0.2) is 12.2 Å². The Morgan fingerprint density at radius 1 is 1.25 bits per heavy atom. The minimum absolute atomic E-state index is 0.0555. The number of nitrogens with one attached hydrogen (secondary N) is 1. The molecule has 0 aliphatic rings. The molecular weight excluding hydrogens is 318 g/mol. The van der Waals surface area contributed by atoms with E-state index in [9.17, 15) is 5.11 Å². The van der Waals surface area contributed by atoms with E-state index in [0.717, 1.165) is 16.6 Å². The molecule has 0 aliphatic heterocycles. The molecule has 2 N–H and O–H groups in total. The van der Waals surface area contributed by atoms with Crippen molar-refractivity contribution in [3.63, 3.8) is 0 Å². The molecule has 0 saturated carbocycles. The molecule has 0 bridgehead atoms. The molecule has 106 valence electrons. The minimum Gasteiger partial charge on any atom is -0.507 e. The highest BCUT2D eigenvalue weighted by molar-refractivity contribution is 9.10. The third-order valence-corrected chi connectivity index (χ3v) is 3.70. The molecule has 0 amide bonds. The molecule has 2 rings (SSSR count). The Morgan fingerprint density at radius 3 is 2.70 bits per heavy atom. The molecule has 0 fully saturated rings. The lowest BCUT2D eigenvalue weighted by Gasteiger charge is -2.16. The highest BCUT2D eigenvalue weighted by atomic mass is 79.9. The maximum atomic E-state index is 10.0. The molecule has 0 aliphatic carbocycles. The zero-order chi connectivity index (χ0) is 14.5. The first kappa shape index (κ1) is 14.9. The highest BCUT2D eigenvalue weighted by Crippen LogP contribution is 2.28. The zero-order valence-corrected chi connectivity index (χ0v) is 13.1. The van der Waals surface area contributed by atoms with Crippen LogP contribution in [0.1, 0.15) is 24.1 Å². The topological polar surface area (TPSA) is 41.5 Å². The first-order valence-corrected chi connectivity index (χ1v) is 7.24. The van der Waals surface area contributed by atoms with Crippen LogP contribution >= 0.6 is 15.9 Å². The fraction of sp³-hybridized carbons (Fsp3) is 0.250. The summed E-state index contributed by atoms with van der Waals surface area (Å²) in [5, 5.41) is 13.4. The van der Waals surface area contributed by atoms with Gasteiger partial charge in [0.25, 0.3) is 0 Å². The van der Waals surface area contributed by atoms with Crippen LogP contribution in [0.3, 0.4) is 0 Å². The van der Waals surface area contributed by atoms with E-state index in [1.165, 1.54) is 5.56 Å². The van der Waals surface area contributed by atoms with Crippen LogP contribution in [0, 0.1) is 0 Å². The summed E-state index contributed by atoms with van der Waals surface area (Å²) in [7, 11) is 1.59. The van der Waals surface area contributed by atoms with Crippen LogP contribution in [0.2, 0.25) is 0 Å². The van der Waals surface area contributed by atoms with Crippen LogP contribution in [0.4, 0.5) is 0 Å². The van der Waals surface area contributed by atoms with E-state index in [0.29, 0.717) is 5.75 Å². The number of phenolic OH excluding ortho intramolecular Hbond substituents is 1. The lowest BCUT2D eigenvalue weighted by molar-refractivity contribution is 0.404. The Labute approximate surface area is 127 Å². The van der Waals surface area contributed by atoms with E-state index in [1.807, 2.05) is 31.2 Å². The van der Waals surface area contributed by atoms with Gasteiger partial charge in [-0.25, -0.2) is 0 Å². The molecule has 1 atom stereocenters. The van der Waals surface area contributed by atoms with Gasteiger partial charge in [-0.05, 0) is 30.7 Å². The predicted molar refractivity (Wildman–Crippen MR) is 84.1 cm³/mol. The number of halogens is 1. The first-order chi connectivity index (χ1) is 9.60. The highest BCUT2D eigenvalue weighted by Gasteiger charge is 2.10. The van der Waals surface area contributed by atoms with E-state index in [4.69, 9.17) is 4.74 Å². The number of hydrogen-bond acceptors (Lipinski definition) is 3. The van der Waals surface area contributed by atoms with Gasteiger partial charge in [-0.3, -0.25) is 0 Å². The Balaban J connectivity index is 2.03. The van der Waals surface area contributed by atoms with Gasteiger partial charge in [0.2, 0.25) is 0 Å². The van der Waals surface area contributed by atoms with Crippen molar-refractivity contribution >= 4 is 15.9 Å². The number of aromatic hydroxyl groups is 1. The predicted octanol–water partition coefficient (Wildman–Crippen LogP) is 4.01. The van der Waals surface area contributed by atoms with Crippen molar-refractivity contribution in [3.05, 3.63) is 58.1 Å². The van der Waals surface area contributed by atoms with Gasteiger partial charge < -0.3 is 15.2 Å². The standard InChI is InChI=1S/C16H18BrNO2/c1-11(15-7-6-14(20-2)9-16(15)19)18-10-12-4-3-5-13(17)8-12/h3-9,11,18-19H,10H2,1-2H3. The molecule has 20 heavy (non-hydrogen) atoms. The smallest absolute Gasteiger partial charge is 0.124 e. The molecule has 0 saturated heterocycles. The summed E-state index contributed by atoms with van der Waals surface area (Å²) in [6, 6.07) is 13.6. The molecule has 0 radical (unpaired) electrons. The van der Waals surface area contributed by atoms with Crippen molar-refractivity contribution in [2.45, 2.75) is 19.5 Å². The maximum Gasteiger partial charge on any atom is 0.124 e. The van der Waals surface area contributed by atoms with Crippen LogP contribution < -0.4 is 10.1 Å². The summed E-state index contributed by atoms with van der Waals surface area (Å²) < 4.78 is 6.15. The number of rotatable bonds is 5. The normalized spacial score (nSPS) is 12.2. The number of phenols is 1. The first-order valence-electron chi connectivity index (χ1n) is 6.45. The average molecular weight is 336 g/mol. The van der Waals surface area contributed by atoms with Crippen molar-refractivity contribution in [1.82, 2.24) is 5.32 Å². The number of methoxy groups -OCH3 is 1. The Morgan fingerprint density at radius 2 is 2.05 bits per heavy atom. The van der Waals surface area contributed by atoms with Crippen LogP contribution in [-0.2, 0) is 6.54 Å². The molecule has 2 aromatic rings.